The molecule has 1 rings (SSSR count). The van der Waals surface area contributed by atoms with Gasteiger partial charge in [0.05, 0.1) is 0 Å². The lowest BCUT2D eigenvalue weighted by Gasteiger charge is -1.96. The number of rotatable bonds is 2. The summed E-state index contributed by atoms with van der Waals surface area (Å²) in [5.41, 5.74) is 0. The average molecular weight is 159 g/mol. The van der Waals surface area contributed by atoms with Crippen LogP contribution >= 0.6 is 11.8 Å². The minimum Gasteiger partial charge on any atom is -0.198 e. The molecule has 0 unspecified atom stereocenters. The van der Waals surface area contributed by atoms with Gasteiger partial charge in [-0.2, -0.15) is 8.78 Å². The Kier molecular flexibility index (Phi) is 2.68. The van der Waals surface area contributed by atoms with Crippen molar-refractivity contribution in [2.75, 3.05) is 0 Å². The van der Waals surface area contributed by atoms with Gasteiger partial charge in [0.2, 0.25) is 0 Å². The molecule has 0 saturated heterocycles. The Balaban J connectivity index is 2.59. The monoisotopic (exact) mass is 159 g/mol. The zero-order valence-electron chi connectivity index (χ0n) is 5.05. The van der Waals surface area contributed by atoms with Gasteiger partial charge in [0.1, 0.15) is 0 Å². The molecule has 1 aromatic rings. The third-order valence-corrected chi connectivity index (χ3v) is 1.64. The summed E-state index contributed by atoms with van der Waals surface area (Å²) in [7, 11) is 0. The lowest BCUT2D eigenvalue weighted by atomic mass is 10.4. The van der Waals surface area contributed by atoms with E-state index in [9.17, 15) is 8.78 Å². The van der Waals surface area contributed by atoms with E-state index in [-0.39, 0.29) is 0 Å². The van der Waals surface area contributed by atoms with Crippen molar-refractivity contribution in [3.63, 3.8) is 0 Å². The van der Waals surface area contributed by atoms with Gasteiger partial charge in [0, 0.05) is 4.90 Å². The van der Waals surface area contributed by atoms with Gasteiger partial charge in [0.25, 0.3) is 5.76 Å². The highest BCUT2D eigenvalue weighted by atomic mass is 32.2. The normalized spacial score (nSPS) is 10.3. The van der Waals surface area contributed by atoms with E-state index in [1.807, 2.05) is 0 Å². The fraction of sp³-hybridized carbons (Fsp3) is 0.143. The van der Waals surface area contributed by atoms with E-state index in [1.165, 1.54) is 0 Å². The first kappa shape index (κ1) is 7.54. The van der Waals surface area contributed by atoms with Crippen molar-refractivity contribution in [2.45, 2.75) is 10.7 Å². The Hall–Kier alpha value is -0.570. The standard InChI is InChI=1S/C7H5F2S/c8-7(9)10-6-4-2-1-3-5-6/h2-5,7H. The number of hydrogen-bond donors (Lipinski definition) is 0. The summed E-state index contributed by atoms with van der Waals surface area (Å²) in [5.74, 6) is -2.33. The van der Waals surface area contributed by atoms with Gasteiger partial charge in [-0.15, -0.1) is 0 Å². The lowest BCUT2D eigenvalue weighted by molar-refractivity contribution is 0.252. The summed E-state index contributed by atoms with van der Waals surface area (Å²) in [4.78, 5) is 0.578. The largest absolute Gasteiger partial charge is 0.288 e. The molecule has 0 aliphatic heterocycles. The summed E-state index contributed by atoms with van der Waals surface area (Å²) in [5, 5.41) is 0. The van der Waals surface area contributed by atoms with Crippen LogP contribution in [-0.2, 0) is 0 Å². The summed E-state index contributed by atoms with van der Waals surface area (Å²) < 4.78 is 23.3. The summed E-state index contributed by atoms with van der Waals surface area (Å²) >= 11 is 0.545. The second kappa shape index (κ2) is 3.56. The van der Waals surface area contributed by atoms with Gasteiger partial charge in [-0.3, -0.25) is 0 Å². The van der Waals surface area contributed by atoms with Crippen molar-refractivity contribution in [1.82, 2.24) is 0 Å². The highest BCUT2D eigenvalue weighted by molar-refractivity contribution is 7.99. The molecule has 0 aromatic heterocycles. The molecule has 0 spiro atoms. The van der Waals surface area contributed by atoms with E-state index < -0.39 is 5.76 Å². The van der Waals surface area contributed by atoms with Crippen molar-refractivity contribution < 1.29 is 8.78 Å². The minimum atomic E-state index is -2.33. The zero-order valence-corrected chi connectivity index (χ0v) is 5.87. The van der Waals surface area contributed by atoms with Crippen LogP contribution in [-0.4, -0.2) is 5.76 Å². The fourth-order valence-electron chi connectivity index (χ4n) is 0.553. The topological polar surface area (TPSA) is 0 Å². The van der Waals surface area contributed by atoms with E-state index in [2.05, 4.69) is 6.07 Å². The Morgan fingerprint density at radius 1 is 1.30 bits per heavy atom. The molecule has 0 heterocycles. The maximum absolute atomic E-state index is 11.7. The van der Waals surface area contributed by atoms with Crippen molar-refractivity contribution >= 4 is 11.8 Å². The van der Waals surface area contributed by atoms with Crippen molar-refractivity contribution in [1.29, 1.82) is 0 Å². The summed E-state index contributed by atoms with van der Waals surface area (Å²) in [6.45, 7) is 0. The first-order valence-electron chi connectivity index (χ1n) is 2.70. The second-order valence-corrected chi connectivity index (χ2v) is 2.68. The Labute approximate surface area is 62.3 Å². The summed E-state index contributed by atoms with van der Waals surface area (Å²) in [6, 6.07) is 9.20. The molecule has 0 N–H and O–H groups in total. The van der Waals surface area contributed by atoms with Crippen molar-refractivity contribution in [3.8, 4) is 0 Å². The van der Waals surface area contributed by atoms with Gasteiger partial charge in [0.15, 0.2) is 0 Å². The molecule has 1 aromatic carbocycles. The van der Waals surface area contributed by atoms with Crippen LogP contribution in [0.25, 0.3) is 0 Å². The minimum absolute atomic E-state index is 0.545. The molecule has 0 amide bonds. The number of benzene rings is 1. The molecule has 0 saturated carbocycles. The smallest absolute Gasteiger partial charge is 0.198 e. The van der Waals surface area contributed by atoms with Crippen LogP contribution in [0, 0.1) is 6.07 Å². The third-order valence-electron chi connectivity index (χ3n) is 0.913. The second-order valence-electron chi connectivity index (χ2n) is 1.61. The SMILES string of the molecule is FC(F)Sc1cc[c]cc1. The highest BCUT2D eigenvalue weighted by Crippen LogP contribution is 2.23. The molecular weight excluding hydrogens is 154 g/mol. The molecule has 3 heteroatoms. The number of halogens is 2. The molecule has 0 aliphatic rings. The molecule has 0 atom stereocenters. The van der Waals surface area contributed by atoms with Crippen molar-refractivity contribution in [3.05, 3.63) is 30.3 Å². The van der Waals surface area contributed by atoms with E-state index in [4.69, 9.17) is 0 Å². The van der Waals surface area contributed by atoms with Crippen molar-refractivity contribution in [2.24, 2.45) is 0 Å². The first-order valence-corrected chi connectivity index (χ1v) is 3.58. The van der Waals surface area contributed by atoms with Gasteiger partial charge in [-0.25, -0.2) is 0 Å². The molecule has 10 heavy (non-hydrogen) atoms. The van der Waals surface area contributed by atoms with Gasteiger partial charge in [-0.05, 0) is 18.2 Å². The molecule has 53 valence electrons. The maximum Gasteiger partial charge on any atom is 0.288 e. The molecule has 1 radical (unpaired) electrons. The predicted octanol–water partition coefficient (Wildman–Crippen LogP) is 2.80. The van der Waals surface area contributed by atoms with Gasteiger partial charge in [-0.1, -0.05) is 23.9 Å². The van der Waals surface area contributed by atoms with Crippen LogP contribution in [0.2, 0.25) is 0 Å². The van der Waals surface area contributed by atoms with E-state index in [0.717, 1.165) is 0 Å². The molecular formula is C7H5F2S. The maximum atomic E-state index is 11.7. The van der Waals surface area contributed by atoms with Crippen LogP contribution in [0.3, 0.4) is 0 Å². The third kappa shape index (κ3) is 2.35. The first-order chi connectivity index (χ1) is 4.79. The zero-order chi connectivity index (χ0) is 7.40. The molecule has 0 aliphatic carbocycles. The predicted molar refractivity (Wildman–Crippen MR) is 37.1 cm³/mol. The Bertz CT molecular complexity index is 186. The Morgan fingerprint density at radius 2 is 1.90 bits per heavy atom. The number of thioether (sulfide) groups is 1. The Morgan fingerprint density at radius 3 is 2.40 bits per heavy atom. The van der Waals surface area contributed by atoms with Crippen LogP contribution in [0.4, 0.5) is 8.78 Å². The summed E-state index contributed by atoms with van der Waals surface area (Å²) in [6.07, 6.45) is 0. The van der Waals surface area contributed by atoms with Gasteiger partial charge < -0.3 is 0 Å². The molecule has 0 bridgehead atoms. The van der Waals surface area contributed by atoms with Crippen LogP contribution in [0.1, 0.15) is 0 Å². The number of hydrogen-bond acceptors (Lipinski definition) is 1. The van der Waals surface area contributed by atoms with Crippen LogP contribution in [0.5, 0.6) is 0 Å². The molecule has 0 nitrogen and oxygen atoms in total. The quantitative estimate of drug-likeness (QED) is 0.598. The van der Waals surface area contributed by atoms with E-state index in [1.54, 1.807) is 24.3 Å². The lowest BCUT2D eigenvalue weighted by Crippen LogP contribution is -1.79. The van der Waals surface area contributed by atoms with Crippen LogP contribution < -0.4 is 0 Å². The molecule has 0 fully saturated rings. The average Bonchev–Trinajstić information content (AvgIpc) is 1.88. The van der Waals surface area contributed by atoms with E-state index in [0.29, 0.717) is 16.7 Å². The van der Waals surface area contributed by atoms with Gasteiger partial charge >= 0.3 is 0 Å². The van der Waals surface area contributed by atoms with Crippen LogP contribution in [0.15, 0.2) is 29.2 Å². The van der Waals surface area contributed by atoms with E-state index >= 15 is 0 Å². The fourth-order valence-corrected chi connectivity index (χ4v) is 1.05. The number of alkyl halides is 2. The highest BCUT2D eigenvalue weighted by Gasteiger charge is 2.02.